The monoisotopic (exact) mass is 171 g/mol. The first-order chi connectivity index (χ1) is 6.36. The van der Waals surface area contributed by atoms with Gasteiger partial charge in [-0.05, 0) is 30.9 Å². The first-order valence-corrected chi connectivity index (χ1v) is 4.93. The Morgan fingerprint density at radius 3 is 3.15 bits per heavy atom. The van der Waals surface area contributed by atoms with Crippen molar-refractivity contribution in [2.24, 2.45) is 0 Å². The molecule has 1 aromatic carbocycles. The minimum absolute atomic E-state index is 1.20. The van der Waals surface area contributed by atoms with E-state index in [0.717, 1.165) is 0 Å². The van der Waals surface area contributed by atoms with Gasteiger partial charge in [0.05, 0.1) is 5.52 Å². The van der Waals surface area contributed by atoms with Crippen LogP contribution >= 0.6 is 0 Å². The van der Waals surface area contributed by atoms with Gasteiger partial charge in [0.25, 0.3) is 0 Å². The van der Waals surface area contributed by atoms with Crippen LogP contribution in [-0.4, -0.2) is 4.57 Å². The van der Waals surface area contributed by atoms with Gasteiger partial charge >= 0.3 is 0 Å². The van der Waals surface area contributed by atoms with Crippen LogP contribution < -0.4 is 0 Å². The molecule has 0 atom stereocenters. The van der Waals surface area contributed by atoms with E-state index in [4.69, 9.17) is 0 Å². The van der Waals surface area contributed by atoms with E-state index in [-0.39, 0.29) is 0 Å². The van der Waals surface area contributed by atoms with E-state index in [0.29, 0.717) is 0 Å². The van der Waals surface area contributed by atoms with Crippen LogP contribution in [0.3, 0.4) is 0 Å². The first-order valence-electron chi connectivity index (χ1n) is 4.93. The summed E-state index contributed by atoms with van der Waals surface area (Å²) >= 11 is 0. The van der Waals surface area contributed by atoms with Gasteiger partial charge in [0.1, 0.15) is 0 Å². The third-order valence-electron chi connectivity index (χ3n) is 3.03. The molecule has 0 N–H and O–H groups in total. The largest absolute Gasteiger partial charge is 0.347 e. The average molecular weight is 171 g/mol. The molecule has 0 unspecified atom stereocenters. The Hall–Kier alpha value is -1.24. The molecule has 1 nitrogen and oxygen atoms in total. The lowest BCUT2D eigenvalue weighted by Crippen LogP contribution is -2.05. The molecule has 0 radical (unpaired) electrons. The van der Waals surface area contributed by atoms with E-state index in [9.17, 15) is 0 Å². The Balaban J connectivity index is 2.51. The van der Waals surface area contributed by atoms with Crippen LogP contribution in [-0.2, 0) is 13.0 Å². The van der Waals surface area contributed by atoms with E-state index in [1.165, 1.54) is 41.4 Å². The predicted octanol–water partition coefficient (Wildman–Crippen LogP) is 2.90. The molecule has 0 saturated carbocycles. The minimum atomic E-state index is 1.20. The van der Waals surface area contributed by atoms with Crippen molar-refractivity contribution >= 4 is 10.9 Å². The average Bonchev–Trinajstić information content (AvgIpc) is 2.47. The number of hydrogen-bond acceptors (Lipinski definition) is 0. The van der Waals surface area contributed by atoms with Crippen molar-refractivity contribution < 1.29 is 0 Å². The molecule has 0 fully saturated rings. The lowest BCUT2D eigenvalue weighted by molar-refractivity contribution is 0.635. The van der Waals surface area contributed by atoms with Gasteiger partial charge in [0.2, 0.25) is 0 Å². The zero-order chi connectivity index (χ0) is 8.84. The molecule has 1 aromatic heterocycles. The summed E-state index contributed by atoms with van der Waals surface area (Å²) in [5.74, 6) is 0. The molecule has 0 spiro atoms. The second-order valence-electron chi connectivity index (χ2n) is 3.92. The third-order valence-corrected chi connectivity index (χ3v) is 3.03. The normalized spacial score (nSPS) is 15.2. The molecule has 1 heteroatoms. The van der Waals surface area contributed by atoms with Crippen molar-refractivity contribution in [2.45, 2.75) is 26.3 Å². The minimum Gasteiger partial charge on any atom is -0.347 e. The maximum absolute atomic E-state index is 2.41. The summed E-state index contributed by atoms with van der Waals surface area (Å²) < 4.78 is 2.41. The molecule has 2 heterocycles. The number of aromatic nitrogens is 1. The maximum Gasteiger partial charge on any atom is 0.0515 e. The van der Waals surface area contributed by atoms with Gasteiger partial charge in [0, 0.05) is 18.1 Å². The summed E-state index contributed by atoms with van der Waals surface area (Å²) in [5.41, 5.74) is 4.42. The molecule has 0 saturated heterocycles. The van der Waals surface area contributed by atoms with E-state index >= 15 is 0 Å². The number of aryl methyl sites for hydroxylation is 3. The van der Waals surface area contributed by atoms with Crippen LogP contribution in [0.25, 0.3) is 10.9 Å². The molecular formula is C12H13N. The summed E-state index contributed by atoms with van der Waals surface area (Å²) in [4.78, 5) is 0. The summed E-state index contributed by atoms with van der Waals surface area (Å²) in [6.07, 6.45) is 4.83. The van der Waals surface area contributed by atoms with Crippen molar-refractivity contribution in [3.63, 3.8) is 0 Å². The van der Waals surface area contributed by atoms with Crippen LogP contribution in [0.5, 0.6) is 0 Å². The number of para-hydroxylation sites is 1. The molecule has 3 rings (SSSR count). The topological polar surface area (TPSA) is 4.93 Å². The summed E-state index contributed by atoms with van der Waals surface area (Å²) in [5, 5.41) is 1.44. The van der Waals surface area contributed by atoms with Crippen molar-refractivity contribution in [3.8, 4) is 0 Å². The first kappa shape index (κ1) is 7.19. The fourth-order valence-electron chi connectivity index (χ4n) is 2.43. The van der Waals surface area contributed by atoms with Crippen LogP contribution in [0.15, 0.2) is 24.4 Å². The summed E-state index contributed by atoms with van der Waals surface area (Å²) in [6.45, 7) is 3.40. The molecule has 0 amide bonds. The summed E-state index contributed by atoms with van der Waals surface area (Å²) in [7, 11) is 0. The van der Waals surface area contributed by atoms with Gasteiger partial charge in [0.15, 0.2) is 0 Å². The quantitative estimate of drug-likeness (QED) is 0.574. The zero-order valence-electron chi connectivity index (χ0n) is 7.88. The van der Waals surface area contributed by atoms with Gasteiger partial charge in [-0.2, -0.15) is 0 Å². The van der Waals surface area contributed by atoms with E-state index in [1.54, 1.807) is 0 Å². The molecule has 2 aromatic rings. The smallest absolute Gasteiger partial charge is 0.0515 e. The second kappa shape index (κ2) is 2.38. The molecule has 0 aliphatic carbocycles. The highest BCUT2D eigenvalue weighted by Gasteiger charge is 2.12. The van der Waals surface area contributed by atoms with E-state index in [2.05, 4.69) is 35.9 Å². The van der Waals surface area contributed by atoms with Gasteiger partial charge in [-0.25, -0.2) is 0 Å². The maximum atomic E-state index is 2.41. The van der Waals surface area contributed by atoms with Crippen molar-refractivity contribution in [3.05, 3.63) is 35.5 Å². The second-order valence-corrected chi connectivity index (χ2v) is 3.92. The van der Waals surface area contributed by atoms with E-state index in [1.807, 2.05) is 0 Å². The van der Waals surface area contributed by atoms with Crippen molar-refractivity contribution in [1.29, 1.82) is 0 Å². The lowest BCUT2D eigenvalue weighted by atomic mass is 10.0. The van der Waals surface area contributed by atoms with Gasteiger partial charge in [-0.15, -0.1) is 0 Å². The van der Waals surface area contributed by atoms with Crippen LogP contribution in [0, 0.1) is 6.92 Å². The van der Waals surface area contributed by atoms with Crippen molar-refractivity contribution in [1.82, 2.24) is 4.57 Å². The van der Waals surface area contributed by atoms with Crippen LogP contribution in [0.1, 0.15) is 17.5 Å². The summed E-state index contributed by atoms with van der Waals surface area (Å²) in [6, 6.07) is 6.67. The molecule has 13 heavy (non-hydrogen) atoms. The lowest BCUT2D eigenvalue weighted by Gasteiger charge is -2.14. The van der Waals surface area contributed by atoms with Crippen LogP contribution in [0.2, 0.25) is 0 Å². The third kappa shape index (κ3) is 0.873. The Labute approximate surface area is 78.0 Å². The number of hydrogen-bond donors (Lipinski definition) is 0. The Morgan fingerprint density at radius 2 is 2.23 bits per heavy atom. The van der Waals surface area contributed by atoms with Crippen LogP contribution in [0.4, 0.5) is 0 Å². The van der Waals surface area contributed by atoms with E-state index < -0.39 is 0 Å². The fourth-order valence-corrected chi connectivity index (χ4v) is 2.43. The molecular weight excluding hydrogens is 158 g/mol. The number of rotatable bonds is 0. The SMILES string of the molecule is Cc1cn2c3c(cccc13)CCC2. The zero-order valence-corrected chi connectivity index (χ0v) is 7.88. The molecule has 1 aliphatic rings. The standard InChI is InChI=1S/C12H13N/c1-9-8-13-7-3-5-10-4-2-6-11(9)12(10)13/h2,4,6,8H,3,5,7H2,1H3. The van der Waals surface area contributed by atoms with Gasteiger partial charge < -0.3 is 4.57 Å². The molecule has 66 valence electrons. The predicted molar refractivity (Wildman–Crippen MR) is 55.0 cm³/mol. The molecule has 0 bridgehead atoms. The van der Waals surface area contributed by atoms with Gasteiger partial charge in [-0.3, -0.25) is 0 Å². The van der Waals surface area contributed by atoms with Gasteiger partial charge in [-0.1, -0.05) is 18.2 Å². The number of nitrogens with zero attached hydrogens (tertiary/aromatic N) is 1. The van der Waals surface area contributed by atoms with Crippen molar-refractivity contribution in [2.75, 3.05) is 0 Å². The Morgan fingerprint density at radius 1 is 1.31 bits per heavy atom. The molecule has 1 aliphatic heterocycles. The Kier molecular flexibility index (Phi) is 1.32. The highest BCUT2D eigenvalue weighted by Crippen LogP contribution is 2.28. The highest BCUT2D eigenvalue weighted by atomic mass is 15.0. The fraction of sp³-hybridized carbons (Fsp3) is 0.333. The number of benzene rings is 1. The Bertz CT molecular complexity index is 465. The highest BCUT2D eigenvalue weighted by molar-refractivity contribution is 5.87.